The normalized spacial score (nSPS) is 13.9. The molecule has 0 aliphatic carbocycles. The summed E-state index contributed by atoms with van der Waals surface area (Å²) >= 11 is 1.66. The number of nitrogens with one attached hydrogen (secondary N) is 2. The topological polar surface area (TPSA) is 58.2 Å². The highest BCUT2D eigenvalue weighted by Crippen LogP contribution is 2.03. The molecule has 0 heterocycles. The molecule has 0 aliphatic rings. The number of hydrogen-bond donors (Lipinski definition) is 2. The lowest BCUT2D eigenvalue weighted by molar-refractivity contribution is 0.574. The highest BCUT2D eigenvalue weighted by Gasteiger charge is 2.10. The minimum absolute atomic E-state index is 0.213. The first-order valence-corrected chi connectivity index (χ1v) is 8.66. The maximum absolute atomic E-state index is 11.5. The van der Waals surface area contributed by atoms with E-state index in [-0.39, 0.29) is 5.75 Å². The van der Waals surface area contributed by atoms with E-state index in [2.05, 4.69) is 17.0 Å². The zero-order valence-electron chi connectivity index (χ0n) is 10.5. The summed E-state index contributed by atoms with van der Waals surface area (Å²) in [6, 6.07) is 0. The van der Waals surface area contributed by atoms with Crippen molar-refractivity contribution in [1.29, 1.82) is 0 Å². The Kier molecular flexibility index (Phi) is 9.40. The van der Waals surface area contributed by atoms with Crippen molar-refractivity contribution in [3.63, 3.8) is 0 Å². The predicted molar refractivity (Wildman–Crippen MR) is 72.5 cm³/mol. The lowest BCUT2D eigenvalue weighted by atomic mass is 10.4. The molecule has 0 rings (SSSR count). The fourth-order valence-electron chi connectivity index (χ4n) is 1.09. The van der Waals surface area contributed by atoms with Gasteiger partial charge < -0.3 is 5.32 Å². The summed E-state index contributed by atoms with van der Waals surface area (Å²) in [7, 11) is -3.08. The van der Waals surface area contributed by atoms with Crippen LogP contribution in [0.25, 0.3) is 0 Å². The molecule has 16 heavy (non-hydrogen) atoms. The predicted octanol–water partition coefficient (Wildman–Crippen LogP) is 1.05. The van der Waals surface area contributed by atoms with Crippen LogP contribution in [0.5, 0.6) is 0 Å². The summed E-state index contributed by atoms with van der Waals surface area (Å²) < 4.78 is 25.7. The average Bonchev–Trinajstić information content (AvgIpc) is 2.25. The second-order valence-electron chi connectivity index (χ2n) is 3.82. The van der Waals surface area contributed by atoms with Gasteiger partial charge in [0.2, 0.25) is 10.0 Å². The third-order valence-corrected chi connectivity index (χ3v) is 4.59. The molecule has 0 fully saturated rings. The Morgan fingerprint density at radius 1 is 1.31 bits per heavy atom. The molecule has 0 saturated heterocycles. The largest absolute Gasteiger partial charge is 0.317 e. The van der Waals surface area contributed by atoms with E-state index in [0.717, 1.165) is 19.5 Å². The first-order chi connectivity index (χ1) is 7.52. The molecule has 2 N–H and O–H groups in total. The summed E-state index contributed by atoms with van der Waals surface area (Å²) in [4.78, 5) is 0. The molecular formula is C10H24N2O2S2. The van der Waals surface area contributed by atoms with E-state index in [1.807, 2.05) is 13.2 Å². The van der Waals surface area contributed by atoms with E-state index >= 15 is 0 Å². The van der Waals surface area contributed by atoms with Gasteiger partial charge in [-0.25, -0.2) is 13.1 Å². The molecule has 0 radical (unpaired) electrons. The van der Waals surface area contributed by atoms with Crippen LogP contribution in [0.2, 0.25) is 0 Å². The van der Waals surface area contributed by atoms with Crippen molar-refractivity contribution in [3.05, 3.63) is 0 Å². The average molecular weight is 268 g/mol. The van der Waals surface area contributed by atoms with Gasteiger partial charge in [-0.3, -0.25) is 0 Å². The first kappa shape index (κ1) is 16.2. The molecule has 4 nitrogen and oxygen atoms in total. The second kappa shape index (κ2) is 9.27. The third kappa shape index (κ3) is 9.45. The quantitative estimate of drug-likeness (QED) is 0.581. The second-order valence-corrected chi connectivity index (χ2v) is 7.02. The molecule has 0 spiro atoms. The summed E-state index contributed by atoms with van der Waals surface area (Å²) in [5.41, 5.74) is 0. The molecule has 0 aromatic carbocycles. The molecule has 6 heteroatoms. The van der Waals surface area contributed by atoms with Gasteiger partial charge >= 0.3 is 0 Å². The minimum Gasteiger partial charge on any atom is -0.317 e. The SMILES string of the molecule is CCCNCCCS(=O)(=O)NCC(C)SC. The van der Waals surface area contributed by atoms with Gasteiger partial charge in [-0.1, -0.05) is 13.8 Å². The number of hydrogen-bond acceptors (Lipinski definition) is 4. The Morgan fingerprint density at radius 2 is 2.00 bits per heavy atom. The minimum atomic E-state index is -3.08. The van der Waals surface area contributed by atoms with Gasteiger partial charge in [0.15, 0.2) is 0 Å². The van der Waals surface area contributed by atoms with Crippen LogP contribution in [0.3, 0.4) is 0 Å². The van der Waals surface area contributed by atoms with Crippen LogP contribution in [-0.4, -0.2) is 45.3 Å². The molecule has 1 atom stereocenters. The molecule has 0 aromatic rings. The van der Waals surface area contributed by atoms with Crippen molar-refractivity contribution >= 4 is 21.8 Å². The molecule has 0 aromatic heterocycles. The summed E-state index contributed by atoms with van der Waals surface area (Å²) in [5, 5.41) is 3.51. The first-order valence-electron chi connectivity index (χ1n) is 5.72. The van der Waals surface area contributed by atoms with Gasteiger partial charge in [-0.15, -0.1) is 0 Å². The summed E-state index contributed by atoms with van der Waals surface area (Å²) in [6.45, 7) is 6.35. The summed E-state index contributed by atoms with van der Waals surface area (Å²) in [6.07, 6.45) is 3.73. The van der Waals surface area contributed by atoms with E-state index < -0.39 is 10.0 Å². The zero-order chi connectivity index (χ0) is 12.4. The lowest BCUT2D eigenvalue weighted by Gasteiger charge is -2.10. The van der Waals surface area contributed by atoms with Gasteiger partial charge in [-0.2, -0.15) is 11.8 Å². The van der Waals surface area contributed by atoms with Gasteiger partial charge in [0.25, 0.3) is 0 Å². The zero-order valence-corrected chi connectivity index (χ0v) is 12.1. The van der Waals surface area contributed by atoms with Crippen LogP contribution in [0, 0.1) is 0 Å². The maximum atomic E-state index is 11.5. The van der Waals surface area contributed by atoms with Crippen molar-refractivity contribution in [2.75, 3.05) is 31.6 Å². The van der Waals surface area contributed by atoms with Crippen molar-refractivity contribution < 1.29 is 8.42 Å². The van der Waals surface area contributed by atoms with E-state index in [4.69, 9.17) is 0 Å². The molecule has 0 aliphatic heterocycles. The van der Waals surface area contributed by atoms with Crippen molar-refractivity contribution in [3.8, 4) is 0 Å². The highest BCUT2D eigenvalue weighted by atomic mass is 32.2. The maximum Gasteiger partial charge on any atom is 0.211 e. The van der Waals surface area contributed by atoms with Crippen LogP contribution in [0.15, 0.2) is 0 Å². The molecule has 0 saturated carbocycles. The lowest BCUT2D eigenvalue weighted by Crippen LogP contribution is -2.32. The Balaban J connectivity index is 3.63. The van der Waals surface area contributed by atoms with Crippen LogP contribution in [-0.2, 0) is 10.0 Å². The van der Waals surface area contributed by atoms with Gasteiger partial charge in [0, 0.05) is 11.8 Å². The molecule has 98 valence electrons. The highest BCUT2D eigenvalue weighted by molar-refractivity contribution is 7.99. The molecular weight excluding hydrogens is 244 g/mol. The smallest absolute Gasteiger partial charge is 0.211 e. The fourth-order valence-corrected chi connectivity index (χ4v) is 2.62. The van der Waals surface area contributed by atoms with Gasteiger partial charge in [0.1, 0.15) is 0 Å². The van der Waals surface area contributed by atoms with Crippen molar-refractivity contribution in [1.82, 2.24) is 10.0 Å². The standard InChI is InChI=1S/C10H24N2O2S2/c1-4-6-11-7-5-8-16(13,14)12-9-10(2)15-3/h10-12H,4-9H2,1-3H3. The van der Waals surface area contributed by atoms with Crippen molar-refractivity contribution in [2.45, 2.75) is 31.9 Å². The Bertz CT molecular complexity index is 256. The van der Waals surface area contributed by atoms with Crippen LogP contribution in [0.1, 0.15) is 26.7 Å². The van der Waals surface area contributed by atoms with E-state index in [1.54, 1.807) is 11.8 Å². The van der Waals surface area contributed by atoms with Crippen LogP contribution in [0.4, 0.5) is 0 Å². The van der Waals surface area contributed by atoms with Crippen LogP contribution >= 0.6 is 11.8 Å². The number of sulfonamides is 1. The Morgan fingerprint density at radius 3 is 2.56 bits per heavy atom. The van der Waals surface area contributed by atoms with E-state index in [1.165, 1.54) is 0 Å². The van der Waals surface area contributed by atoms with Gasteiger partial charge in [0.05, 0.1) is 5.75 Å². The fraction of sp³-hybridized carbons (Fsp3) is 1.00. The van der Waals surface area contributed by atoms with Gasteiger partial charge in [-0.05, 0) is 32.2 Å². The summed E-state index contributed by atoms with van der Waals surface area (Å²) in [5.74, 6) is 0.213. The molecule has 1 unspecified atom stereocenters. The Labute approximate surface area is 104 Å². The number of thioether (sulfide) groups is 1. The third-order valence-electron chi connectivity index (χ3n) is 2.19. The monoisotopic (exact) mass is 268 g/mol. The van der Waals surface area contributed by atoms with Crippen molar-refractivity contribution in [2.24, 2.45) is 0 Å². The van der Waals surface area contributed by atoms with E-state index in [9.17, 15) is 8.42 Å². The number of rotatable bonds is 10. The Hall–Kier alpha value is 0.220. The van der Waals surface area contributed by atoms with Crippen LogP contribution < -0.4 is 10.0 Å². The molecule has 0 bridgehead atoms. The molecule has 0 amide bonds. The van der Waals surface area contributed by atoms with E-state index in [0.29, 0.717) is 18.2 Å².